The Morgan fingerprint density at radius 2 is 1.86 bits per heavy atom. The molecule has 0 amide bonds. The first-order valence-corrected chi connectivity index (χ1v) is 6.39. The predicted octanol–water partition coefficient (Wildman–Crippen LogP) is 3.45. The van der Waals surface area contributed by atoms with Crippen LogP contribution in [0.1, 0.15) is 47.0 Å². The van der Waals surface area contributed by atoms with Crippen molar-refractivity contribution in [2.45, 2.75) is 52.5 Å². The van der Waals surface area contributed by atoms with E-state index in [1.165, 1.54) is 25.8 Å². The van der Waals surface area contributed by atoms with E-state index < -0.39 is 0 Å². The Morgan fingerprint density at radius 1 is 1.29 bits per heavy atom. The van der Waals surface area contributed by atoms with Crippen LogP contribution in [-0.2, 0) is 0 Å². The highest BCUT2D eigenvalue weighted by molar-refractivity contribution is 7.80. The van der Waals surface area contributed by atoms with Crippen LogP contribution in [0.4, 0.5) is 0 Å². The minimum absolute atomic E-state index is 0.348. The zero-order valence-corrected chi connectivity index (χ0v) is 11.4. The lowest BCUT2D eigenvalue weighted by Gasteiger charge is -2.35. The highest BCUT2D eigenvalue weighted by Crippen LogP contribution is 2.18. The second kappa shape index (κ2) is 6.73. The molecule has 0 N–H and O–H groups in total. The van der Waals surface area contributed by atoms with Gasteiger partial charge < -0.3 is 4.90 Å². The molecule has 0 heterocycles. The molecule has 2 heteroatoms. The molecule has 14 heavy (non-hydrogen) atoms. The van der Waals surface area contributed by atoms with Gasteiger partial charge >= 0.3 is 0 Å². The van der Waals surface area contributed by atoms with Crippen LogP contribution in [0.5, 0.6) is 0 Å². The molecular formula is C12H27NS. The van der Waals surface area contributed by atoms with Crippen molar-refractivity contribution in [3.63, 3.8) is 0 Å². The van der Waals surface area contributed by atoms with Crippen LogP contribution >= 0.6 is 12.6 Å². The fourth-order valence-corrected chi connectivity index (χ4v) is 1.79. The van der Waals surface area contributed by atoms with Gasteiger partial charge in [0, 0.05) is 5.54 Å². The molecule has 0 rings (SSSR count). The Kier molecular flexibility index (Phi) is 6.88. The van der Waals surface area contributed by atoms with Gasteiger partial charge in [0.2, 0.25) is 0 Å². The second-order valence-corrected chi connectivity index (χ2v) is 5.44. The predicted molar refractivity (Wildman–Crippen MR) is 69.3 cm³/mol. The molecule has 0 bridgehead atoms. The first kappa shape index (κ1) is 14.3. The standard InChI is InChI=1S/C12H27NS/c1-6-12(3,4)13(5)9-7-11(2)8-10-14/h11,14H,6-10H2,1-5H3. The van der Waals surface area contributed by atoms with Gasteiger partial charge in [0.15, 0.2) is 0 Å². The van der Waals surface area contributed by atoms with Crippen molar-refractivity contribution >= 4 is 12.6 Å². The first-order chi connectivity index (χ1) is 6.44. The smallest absolute Gasteiger partial charge is 0.0147 e. The van der Waals surface area contributed by atoms with Crippen molar-refractivity contribution in [1.82, 2.24) is 4.90 Å². The van der Waals surface area contributed by atoms with Gasteiger partial charge in [-0.15, -0.1) is 0 Å². The van der Waals surface area contributed by atoms with Crippen molar-refractivity contribution in [2.24, 2.45) is 5.92 Å². The molecule has 0 spiro atoms. The second-order valence-electron chi connectivity index (χ2n) is 4.99. The molecule has 0 aliphatic rings. The topological polar surface area (TPSA) is 3.24 Å². The van der Waals surface area contributed by atoms with E-state index in [0.717, 1.165) is 11.7 Å². The van der Waals surface area contributed by atoms with Crippen LogP contribution in [0.15, 0.2) is 0 Å². The largest absolute Gasteiger partial charge is 0.301 e. The summed E-state index contributed by atoms with van der Waals surface area (Å²) in [4.78, 5) is 2.47. The minimum atomic E-state index is 0.348. The Balaban J connectivity index is 3.78. The summed E-state index contributed by atoms with van der Waals surface area (Å²) >= 11 is 4.27. The van der Waals surface area contributed by atoms with Crippen molar-refractivity contribution in [2.75, 3.05) is 19.3 Å². The van der Waals surface area contributed by atoms with Crippen LogP contribution in [-0.4, -0.2) is 29.8 Å². The molecule has 0 saturated carbocycles. The molecule has 1 atom stereocenters. The van der Waals surface area contributed by atoms with Crippen molar-refractivity contribution in [3.05, 3.63) is 0 Å². The normalized spacial score (nSPS) is 14.8. The van der Waals surface area contributed by atoms with Gasteiger partial charge in [-0.05, 0) is 58.4 Å². The molecule has 0 fully saturated rings. The van der Waals surface area contributed by atoms with Gasteiger partial charge in [-0.1, -0.05) is 13.8 Å². The number of hydrogen-bond acceptors (Lipinski definition) is 2. The summed E-state index contributed by atoms with van der Waals surface area (Å²) in [5.74, 6) is 1.82. The zero-order valence-electron chi connectivity index (χ0n) is 10.5. The van der Waals surface area contributed by atoms with Gasteiger partial charge in [-0.25, -0.2) is 0 Å². The summed E-state index contributed by atoms with van der Waals surface area (Å²) < 4.78 is 0. The van der Waals surface area contributed by atoms with Gasteiger partial charge in [0.25, 0.3) is 0 Å². The summed E-state index contributed by atoms with van der Waals surface area (Å²) in [5, 5.41) is 0. The lowest BCUT2D eigenvalue weighted by molar-refractivity contribution is 0.142. The minimum Gasteiger partial charge on any atom is -0.301 e. The average Bonchev–Trinajstić information content (AvgIpc) is 2.14. The molecule has 1 unspecified atom stereocenters. The Hall–Kier alpha value is 0.310. The molecule has 86 valence electrons. The van der Waals surface area contributed by atoms with Gasteiger partial charge in [-0.3, -0.25) is 0 Å². The number of nitrogens with zero attached hydrogens (tertiary/aromatic N) is 1. The van der Waals surface area contributed by atoms with Gasteiger partial charge in [0.05, 0.1) is 0 Å². The summed E-state index contributed by atoms with van der Waals surface area (Å²) in [5.41, 5.74) is 0.348. The van der Waals surface area contributed by atoms with E-state index in [1.807, 2.05) is 0 Å². The Labute approximate surface area is 95.7 Å². The molecule has 0 aromatic heterocycles. The molecule has 0 aromatic carbocycles. The summed E-state index contributed by atoms with van der Waals surface area (Å²) in [6.07, 6.45) is 3.74. The SMILES string of the molecule is CCC(C)(C)N(C)CCC(C)CCS. The van der Waals surface area contributed by atoms with Crippen LogP contribution < -0.4 is 0 Å². The zero-order chi connectivity index (χ0) is 11.2. The van der Waals surface area contributed by atoms with Crippen molar-refractivity contribution in [3.8, 4) is 0 Å². The first-order valence-electron chi connectivity index (χ1n) is 5.76. The van der Waals surface area contributed by atoms with E-state index in [0.29, 0.717) is 5.54 Å². The Bertz CT molecular complexity index is 145. The van der Waals surface area contributed by atoms with Crippen LogP contribution in [0.25, 0.3) is 0 Å². The lowest BCUT2D eigenvalue weighted by atomic mass is 9.98. The molecule has 0 aliphatic carbocycles. The summed E-state index contributed by atoms with van der Waals surface area (Å²) in [6.45, 7) is 10.4. The lowest BCUT2D eigenvalue weighted by Crippen LogP contribution is -2.41. The maximum absolute atomic E-state index is 4.27. The molecule has 1 nitrogen and oxygen atoms in total. The van der Waals surface area contributed by atoms with Crippen LogP contribution in [0, 0.1) is 5.92 Å². The van der Waals surface area contributed by atoms with Crippen molar-refractivity contribution < 1.29 is 0 Å². The fraction of sp³-hybridized carbons (Fsp3) is 1.00. The third-order valence-electron chi connectivity index (χ3n) is 3.48. The summed E-state index contributed by atoms with van der Waals surface area (Å²) in [6, 6.07) is 0. The van der Waals surface area contributed by atoms with Gasteiger partial charge in [-0.2, -0.15) is 12.6 Å². The third kappa shape index (κ3) is 5.26. The Morgan fingerprint density at radius 3 is 2.29 bits per heavy atom. The van der Waals surface area contributed by atoms with Gasteiger partial charge in [0.1, 0.15) is 0 Å². The highest BCUT2D eigenvalue weighted by Gasteiger charge is 2.20. The van der Waals surface area contributed by atoms with E-state index in [9.17, 15) is 0 Å². The molecule has 0 saturated heterocycles. The molecule has 0 radical (unpaired) electrons. The molecule has 0 aliphatic heterocycles. The molecule has 0 aromatic rings. The average molecular weight is 217 g/mol. The van der Waals surface area contributed by atoms with Crippen LogP contribution in [0.2, 0.25) is 0 Å². The maximum Gasteiger partial charge on any atom is 0.0147 e. The van der Waals surface area contributed by atoms with E-state index in [4.69, 9.17) is 0 Å². The van der Waals surface area contributed by atoms with E-state index in [1.54, 1.807) is 0 Å². The number of rotatable bonds is 7. The number of thiol groups is 1. The maximum atomic E-state index is 4.27. The highest BCUT2D eigenvalue weighted by atomic mass is 32.1. The fourth-order valence-electron chi connectivity index (χ4n) is 1.35. The number of hydrogen-bond donors (Lipinski definition) is 1. The van der Waals surface area contributed by atoms with Crippen LogP contribution in [0.3, 0.4) is 0 Å². The van der Waals surface area contributed by atoms with E-state index in [2.05, 4.69) is 52.3 Å². The monoisotopic (exact) mass is 217 g/mol. The third-order valence-corrected chi connectivity index (χ3v) is 3.74. The van der Waals surface area contributed by atoms with E-state index >= 15 is 0 Å². The van der Waals surface area contributed by atoms with E-state index in [-0.39, 0.29) is 0 Å². The quantitative estimate of drug-likeness (QED) is 0.639. The van der Waals surface area contributed by atoms with Crippen molar-refractivity contribution in [1.29, 1.82) is 0 Å². The summed E-state index contributed by atoms with van der Waals surface area (Å²) in [7, 11) is 2.23. The molecular weight excluding hydrogens is 190 g/mol.